The first-order valence-corrected chi connectivity index (χ1v) is 6.36. The normalized spacial score (nSPS) is 11.8. The minimum absolute atomic E-state index is 0.208. The molecule has 0 aliphatic heterocycles. The molecule has 0 aromatic heterocycles. The minimum Gasteiger partial charge on any atom is -0.396 e. The second-order valence-corrected chi connectivity index (χ2v) is 4.43. The van der Waals surface area contributed by atoms with Gasteiger partial charge in [0.25, 0.3) is 0 Å². The van der Waals surface area contributed by atoms with Crippen molar-refractivity contribution in [2.75, 3.05) is 24.2 Å². The molecule has 18 heavy (non-hydrogen) atoms. The second-order valence-electron chi connectivity index (χ2n) is 4.43. The zero-order valence-corrected chi connectivity index (χ0v) is 10.8. The Morgan fingerprint density at radius 2 is 2.22 bits per heavy atom. The van der Waals surface area contributed by atoms with Crippen molar-refractivity contribution in [2.24, 2.45) is 5.92 Å². The number of para-hydroxylation sites is 1. The molecule has 0 aliphatic carbocycles. The van der Waals surface area contributed by atoms with Crippen LogP contribution in [0.4, 0.5) is 11.4 Å². The summed E-state index contributed by atoms with van der Waals surface area (Å²) in [6.45, 7) is 3.11. The number of nitriles is 1. The highest BCUT2D eigenvalue weighted by Crippen LogP contribution is 2.23. The van der Waals surface area contributed by atoms with Gasteiger partial charge in [-0.25, -0.2) is 0 Å². The predicted molar refractivity (Wildman–Crippen MR) is 74.2 cm³/mol. The average Bonchev–Trinajstić information content (AvgIpc) is 2.38. The van der Waals surface area contributed by atoms with Crippen LogP contribution in [0.1, 0.15) is 31.7 Å². The van der Waals surface area contributed by atoms with E-state index in [1.54, 1.807) is 6.07 Å². The first-order chi connectivity index (χ1) is 8.72. The number of anilines is 2. The number of aliphatic hydroxyl groups excluding tert-OH is 1. The lowest BCUT2D eigenvalue weighted by Crippen LogP contribution is -2.16. The highest BCUT2D eigenvalue weighted by molar-refractivity contribution is 5.72. The molecule has 0 aliphatic rings. The number of hydrogen-bond acceptors (Lipinski definition) is 4. The number of aliphatic hydroxyl groups is 1. The molecule has 4 heteroatoms. The molecule has 0 saturated carbocycles. The summed E-state index contributed by atoms with van der Waals surface area (Å²) in [5.41, 5.74) is 7.69. The van der Waals surface area contributed by atoms with E-state index in [0.717, 1.165) is 31.5 Å². The number of nitrogen functional groups attached to an aromatic ring is 1. The maximum Gasteiger partial charge on any atom is 0.101 e. The first kappa shape index (κ1) is 14.3. The van der Waals surface area contributed by atoms with Gasteiger partial charge in [0.05, 0.1) is 16.9 Å². The van der Waals surface area contributed by atoms with Crippen LogP contribution in [0.15, 0.2) is 18.2 Å². The van der Waals surface area contributed by atoms with E-state index in [9.17, 15) is 0 Å². The molecule has 1 rings (SSSR count). The van der Waals surface area contributed by atoms with Crippen molar-refractivity contribution in [3.8, 4) is 6.07 Å². The monoisotopic (exact) mass is 247 g/mol. The summed E-state index contributed by atoms with van der Waals surface area (Å²) in [7, 11) is 0. The number of nitrogens with zero attached hydrogens (tertiary/aromatic N) is 1. The highest BCUT2D eigenvalue weighted by atomic mass is 16.3. The molecule has 0 amide bonds. The largest absolute Gasteiger partial charge is 0.396 e. The van der Waals surface area contributed by atoms with E-state index in [2.05, 4.69) is 18.3 Å². The van der Waals surface area contributed by atoms with Gasteiger partial charge in [-0.3, -0.25) is 0 Å². The molecule has 0 radical (unpaired) electrons. The number of nitrogens with two attached hydrogens (primary N) is 1. The third-order valence-electron chi connectivity index (χ3n) is 3.04. The maximum absolute atomic E-state index is 9.00. The van der Waals surface area contributed by atoms with Crippen LogP contribution >= 0.6 is 0 Å². The van der Waals surface area contributed by atoms with Gasteiger partial charge in [0.1, 0.15) is 6.07 Å². The summed E-state index contributed by atoms with van der Waals surface area (Å²) in [4.78, 5) is 0. The SMILES string of the molecule is CCCC(CCO)CNc1cccc(C#N)c1N. The van der Waals surface area contributed by atoms with E-state index < -0.39 is 0 Å². The number of benzene rings is 1. The molecule has 1 unspecified atom stereocenters. The van der Waals surface area contributed by atoms with E-state index in [1.165, 1.54) is 0 Å². The number of nitrogens with one attached hydrogen (secondary N) is 1. The molecule has 0 spiro atoms. The van der Waals surface area contributed by atoms with Gasteiger partial charge in [0.15, 0.2) is 0 Å². The summed E-state index contributed by atoms with van der Waals surface area (Å²) in [6, 6.07) is 7.47. The van der Waals surface area contributed by atoms with Crippen LogP contribution in [0, 0.1) is 17.2 Å². The first-order valence-electron chi connectivity index (χ1n) is 6.36. The van der Waals surface area contributed by atoms with Crippen LogP contribution in [0.2, 0.25) is 0 Å². The standard InChI is InChI=1S/C14H21N3O/c1-2-4-11(7-8-18)10-17-13-6-3-5-12(9-15)14(13)16/h3,5-6,11,17-18H,2,4,7-8,10,16H2,1H3. The van der Waals surface area contributed by atoms with Crippen LogP contribution in [-0.4, -0.2) is 18.3 Å². The predicted octanol–water partition coefficient (Wildman–Crippen LogP) is 2.35. The van der Waals surface area contributed by atoms with Gasteiger partial charge in [0.2, 0.25) is 0 Å². The fourth-order valence-corrected chi connectivity index (χ4v) is 2.01. The summed E-state index contributed by atoms with van der Waals surface area (Å²) in [5, 5.41) is 21.2. The van der Waals surface area contributed by atoms with Gasteiger partial charge in [-0.1, -0.05) is 19.4 Å². The molecular weight excluding hydrogens is 226 g/mol. The van der Waals surface area contributed by atoms with Crippen molar-refractivity contribution in [2.45, 2.75) is 26.2 Å². The Morgan fingerprint density at radius 3 is 2.83 bits per heavy atom. The van der Waals surface area contributed by atoms with E-state index in [1.807, 2.05) is 12.1 Å². The molecule has 1 aromatic carbocycles. The van der Waals surface area contributed by atoms with Gasteiger partial charge in [0, 0.05) is 13.2 Å². The lowest BCUT2D eigenvalue weighted by molar-refractivity contribution is 0.255. The Hall–Kier alpha value is -1.73. The van der Waals surface area contributed by atoms with Crippen LogP contribution < -0.4 is 11.1 Å². The molecule has 1 atom stereocenters. The summed E-state index contributed by atoms with van der Waals surface area (Å²) in [6.07, 6.45) is 2.96. The van der Waals surface area contributed by atoms with Crippen LogP contribution in [0.25, 0.3) is 0 Å². The van der Waals surface area contributed by atoms with Crippen molar-refractivity contribution in [1.29, 1.82) is 5.26 Å². The smallest absolute Gasteiger partial charge is 0.101 e. The number of rotatable bonds is 7. The van der Waals surface area contributed by atoms with Gasteiger partial charge < -0.3 is 16.2 Å². The van der Waals surface area contributed by atoms with E-state index in [4.69, 9.17) is 16.1 Å². The Balaban J connectivity index is 2.64. The Bertz CT molecular complexity index is 406. The Kier molecular flexibility index (Phi) is 6.03. The highest BCUT2D eigenvalue weighted by Gasteiger charge is 2.09. The Labute approximate surface area is 108 Å². The van der Waals surface area contributed by atoms with Crippen LogP contribution in [0.3, 0.4) is 0 Å². The van der Waals surface area contributed by atoms with E-state index >= 15 is 0 Å². The zero-order chi connectivity index (χ0) is 13.4. The lowest BCUT2D eigenvalue weighted by atomic mass is 10.00. The molecule has 0 fully saturated rings. The fraction of sp³-hybridized carbons (Fsp3) is 0.500. The van der Waals surface area contributed by atoms with Gasteiger partial charge >= 0.3 is 0 Å². The third-order valence-corrected chi connectivity index (χ3v) is 3.04. The molecule has 4 N–H and O–H groups in total. The summed E-state index contributed by atoms with van der Waals surface area (Å²) >= 11 is 0. The molecule has 1 aromatic rings. The van der Waals surface area contributed by atoms with Gasteiger partial charge in [-0.05, 0) is 30.9 Å². The summed E-state index contributed by atoms with van der Waals surface area (Å²) in [5.74, 6) is 0.435. The molecule has 0 heterocycles. The molecule has 0 bridgehead atoms. The van der Waals surface area contributed by atoms with Gasteiger partial charge in [-0.2, -0.15) is 5.26 Å². The third kappa shape index (κ3) is 3.94. The Morgan fingerprint density at radius 1 is 1.44 bits per heavy atom. The quantitative estimate of drug-likeness (QED) is 0.646. The minimum atomic E-state index is 0.208. The average molecular weight is 247 g/mol. The molecule has 4 nitrogen and oxygen atoms in total. The van der Waals surface area contributed by atoms with Crippen molar-refractivity contribution in [3.05, 3.63) is 23.8 Å². The topological polar surface area (TPSA) is 82.1 Å². The van der Waals surface area contributed by atoms with E-state index in [0.29, 0.717) is 17.2 Å². The fourth-order valence-electron chi connectivity index (χ4n) is 2.01. The van der Waals surface area contributed by atoms with Crippen molar-refractivity contribution in [1.82, 2.24) is 0 Å². The van der Waals surface area contributed by atoms with Gasteiger partial charge in [-0.15, -0.1) is 0 Å². The van der Waals surface area contributed by atoms with Crippen molar-refractivity contribution >= 4 is 11.4 Å². The maximum atomic E-state index is 9.00. The zero-order valence-electron chi connectivity index (χ0n) is 10.8. The van der Waals surface area contributed by atoms with Crippen molar-refractivity contribution in [3.63, 3.8) is 0 Å². The van der Waals surface area contributed by atoms with E-state index in [-0.39, 0.29) is 6.61 Å². The second kappa shape index (κ2) is 7.57. The molecule has 98 valence electrons. The van der Waals surface area contributed by atoms with Crippen LogP contribution in [-0.2, 0) is 0 Å². The van der Waals surface area contributed by atoms with Crippen molar-refractivity contribution < 1.29 is 5.11 Å². The van der Waals surface area contributed by atoms with Crippen LogP contribution in [0.5, 0.6) is 0 Å². The molecule has 0 saturated heterocycles. The number of hydrogen-bond donors (Lipinski definition) is 3. The molecular formula is C14H21N3O. The summed E-state index contributed by atoms with van der Waals surface area (Å²) < 4.78 is 0. The lowest BCUT2D eigenvalue weighted by Gasteiger charge is -2.17.